The van der Waals surface area contributed by atoms with Gasteiger partial charge in [0.25, 0.3) is 0 Å². The van der Waals surface area contributed by atoms with E-state index in [9.17, 15) is 9.59 Å². The van der Waals surface area contributed by atoms with Crippen molar-refractivity contribution >= 4 is 17.5 Å². The molecule has 1 heterocycles. The van der Waals surface area contributed by atoms with Gasteiger partial charge in [-0.2, -0.15) is 0 Å². The average molecular weight is 276 g/mol. The third-order valence-electron chi connectivity index (χ3n) is 3.47. The molecule has 0 aliphatic carbocycles. The summed E-state index contributed by atoms with van der Waals surface area (Å²) >= 11 is 0. The van der Waals surface area contributed by atoms with Gasteiger partial charge in [0, 0.05) is 19.5 Å². The van der Waals surface area contributed by atoms with Crippen molar-refractivity contribution in [2.75, 3.05) is 25.1 Å². The van der Waals surface area contributed by atoms with E-state index in [1.165, 1.54) is 0 Å². The summed E-state index contributed by atoms with van der Waals surface area (Å²) < 4.78 is 5.31. The number of hydrogen-bond donors (Lipinski definition) is 1. The summed E-state index contributed by atoms with van der Waals surface area (Å²) in [6.07, 6.45) is 0.253. The van der Waals surface area contributed by atoms with Crippen LogP contribution >= 0.6 is 0 Å². The molecular formula is C15H20N2O3. The highest BCUT2D eigenvalue weighted by molar-refractivity contribution is 6.01. The predicted molar refractivity (Wildman–Crippen MR) is 76.9 cm³/mol. The lowest BCUT2D eigenvalue weighted by molar-refractivity contribution is -0.126. The number of nitrogens with one attached hydrogen (secondary N) is 1. The van der Waals surface area contributed by atoms with Crippen LogP contribution in [0, 0.1) is 12.8 Å². The van der Waals surface area contributed by atoms with E-state index in [0.29, 0.717) is 18.8 Å². The molecule has 0 bridgehead atoms. The van der Waals surface area contributed by atoms with Gasteiger partial charge in [0.2, 0.25) is 11.8 Å². The number of rotatable bonds is 4. The van der Waals surface area contributed by atoms with Gasteiger partial charge in [-0.1, -0.05) is 6.07 Å². The minimum absolute atomic E-state index is 0.0369. The van der Waals surface area contributed by atoms with Crippen molar-refractivity contribution in [1.29, 1.82) is 0 Å². The van der Waals surface area contributed by atoms with E-state index in [4.69, 9.17) is 4.74 Å². The SMILES string of the molecule is CCNC(=O)C1CC(=O)N(c2cc(C)ccc2OC)C1. The average Bonchev–Trinajstić information content (AvgIpc) is 2.81. The number of benzene rings is 1. The van der Waals surface area contributed by atoms with Crippen molar-refractivity contribution < 1.29 is 14.3 Å². The first kappa shape index (κ1) is 14.4. The monoisotopic (exact) mass is 276 g/mol. The van der Waals surface area contributed by atoms with Crippen molar-refractivity contribution in [3.8, 4) is 5.75 Å². The fourth-order valence-electron chi connectivity index (χ4n) is 2.45. The number of hydrogen-bond acceptors (Lipinski definition) is 3. The van der Waals surface area contributed by atoms with Crippen molar-refractivity contribution in [1.82, 2.24) is 5.32 Å². The molecule has 1 aliphatic rings. The van der Waals surface area contributed by atoms with E-state index < -0.39 is 0 Å². The zero-order valence-corrected chi connectivity index (χ0v) is 12.1. The van der Waals surface area contributed by atoms with Gasteiger partial charge in [0.15, 0.2) is 0 Å². The van der Waals surface area contributed by atoms with Crippen LogP contribution in [0.3, 0.4) is 0 Å². The molecule has 1 atom stereocenters. The van der Waals surface area contributed by atoms with Gasteiger partial charge in [-0.25, -0.2) is 0 Å². The number of nitrogens with zero attached hydrogens (tertiary/aromatic N) is 1. The minimum atomic E-state index is -0.285. The fourth-order valence-corrected chi connectivity index (χ4v) is 2.45. The smallest absolute Gasteiger partial charge is 0.227 e. The molecule has 1 N–H and O–H groups in total. The number of carbonyl (C=O) groups is 2. The lowest BCUT2D eigenvalue weighted by Crippen LogP contribution is -2.32. The molecule has 2 amide bonds. The zero-order chi connectivity index (χ0) is 14.7. The molecule has 1 saturated heterocycles. The maximum atomic E-state index is 12.2. The van der Waals surface area contributed by atoms with E-state index in [1.54, 1.807) is 12.0 Å². The first-order valence-corrected chi connectivity index (χ1v) is 6.79. The summed E-state index contributed by atoms with van der Waals surface area (Å²) in [6.45, 7) is 4.82. The van der Waals surface area contributed by atoms with Crippen LogP contribution in [0.4, 0.5) is 5.69 Å². The molecule has 1 aromatic rings. The molecule has 1 fully saturated rings. The van der Waals surface area contributed by atoms with Gasteiger partial charge in [-0.05, 0) is 31.5 Å². The Morgan fingerprint density at radius 2 is 2.25 bits per heavy atom. The van der Waals surface area contributed by atoms with Crippen molar-refractivity contribution in [3.63, 3.8) is 0 Å². The topological polar surface area (TPSA) is 58.6 Å². The molecule has 0 aromatic heterocycles. The van der Waals surface area contributed by atoms with Gasteiger partial charge >= 0.3 is 0 Å². The van der Waals surface area contributed by atoms with Crippen molar-refractivity contribution in [2.24, 2.45) is 5.92 Å². The van der Waals surface area contributed by atoms with Crippen LogP contribution in [-0.4, -0.2) is 32.0 Å². The Labute approximate surface area is 118 Å². The van der Waals surface area contributed by atoms with Gasteiger partial charge in [0.1, 0.15) is 5.75 Å². The lowest BCUT2D eigenvalue weighted by Gasteiger charge is -2.20. The van der Waals surface area contributed by atoms with Crippen LogP contribution in [-0.2, 0) is 9.59 Å². The molecule has 1 unspecified atom stereocenters. The van der Waals surface area contributed by atoms with Crippen LogP contribution in [0.25, 0.3) is 0 Å². The number of anilines is 1. The Hall–Kier alpha value is -2.04. The largest absolute Gasteiger partial charge is 0.495 e. The second kappa shape index (κ2) is 5.94. The minimum Gasteiger partial charge on any atom is -0.495 e. The number of carbonyl (C=O) groups excluding carboxylic acids is 2. The molecule has 0 radical (unpaired) electrons. The Morgan fingerprint density at radius 1 is 1.50 bits per heavy atom. The van der Waals surface area contributed by atoms with Crippen LogP contribution in [0.15, 0.2) is 18.2 Å². The van der Waals surface area contributed by atoms with E-state index in [-0.39, 0.29) is 24.2 Å². The second-order valence-corrected chi connectivity index (χ2v) is 4.98. The molecule has 0 saturated carbocycles. The molecule has 1 aromatic carbocycles. The summed E-state index contributed by atoms with van der Waals surface area (Å²) in [5.74, 6) is 0.272. The molecule has 2 rings (SSSR count). The Bertz CT molecular complexity index is 528. The molecule has 20 heavy (non-hydrogen) atoms. The summed E-state index contributed by atoms with van der Waals surface area (Å²) in [7, 11) is 1.58. The standard InChI is InChI=1S/C15H20N2O3/c1-4-16-15(19)11-8-14(18)17(9-11)12-7-10(2)5-6-13(12)20-3/h5-7,11H,4,8-9H2,1-3H3,(H,16,19). The first-order valence-electron chi connectivity index (χ1n) is 6.79. The zero-order valence-electron chi connectivity index (χ0n) is 12.1. The number of methoxy groups -OCH3 is 1. The molecular weight excluding hydrogens is 256 g/mol. The van der Waals surface area contributed by atoms with Gasteiger partial charge in [-0.3, -0.25) is 9.59 Å². The van der Waals surface area contributed by atoms with Gasteiger partial charge < -0.3 is 15.0 Å². The molecule has 5 heteroatoms. The number of ether oxygens (including phenoxy) is 1. The van der Waals surface area contributed by atoms with Crippen molar-refractivity contribution in [2.45, 2.75) is 20.3 Å². The van der Waals surface area contributed by atoms with Gasteiger partial charge in [0.05, 0.1) is 18.7 Å². The van der Waals surface area contributed by atoms with E-state index in [1.807, 2.05) is 32.0 Å². The highest BCUT2D eigenvalue weighted by Crippen LogP contribution is 2.33. The van der Waals surface area contributed by atoms with E-state index in [2.05, 4.69) is 5.32 Å². The normalized spacial score (nSPS) is 18.2. The number of aryl methyl sites for hydroxylation is 1. The molecule has 108 valence electrons. The van der Waals surface area contributed by atoms with Crippen molar-refractivity contribution in [3.05, 3.63) is 23.8 Å². The summed E-state index contributed by atoms with van der Waals surface area (Å²) in [5, 5.41) is 2.77. The maximum absolute atomic E-state index is 12.2. The third-order valence-corrected chi connectivity index (χ3v) is 3.47. The second-order valence-electron chi connectivity index (χ2n) is 4.98. The summed E-state index contributed by atoms with van der Waals surface area (Å²) in [5.41, 5.74) is 1.79. The fraction of sp³-hybridized carbons (Fsp3) is 0.467. The van der Waals surface area contributed by atoms with Crippen LogP contribution in [0.1, 0.15) is 18.9 Å². The third kappa shape index (κ3) is 2.76. The first-order chi connectivity index (χ1) is 9.56. The Morgan fingerprint density at radius 3 is 2.90 bits per heavy atom. The highest BCUT2D eigenvalue weighted by atomic mass is 16.5. The molecule has 0 spiro atoms. The van der Waals surface area contributed by atoms with Crippen LogP contribution < -0.4 is 15.0 Å². The van der Waals surface area contributed by atoms with Crippen LogP contribution in [0.5, 0.6) is 5.75 Å². The maximum Gasteiger partial charge on any atom is 0.227 e. The van der Waals surface area contributed by atoms with E-state index in [0.717, 1.165) is 11.3 Å². The predicted octanol–water partition coefficient (Wildman–Crippen LogP) is 1.49. The summed E-state index contributed by atoms with van der Waals surface area (Å²) in [6, 6.07) is 5.69. The van der Waals surface area contributed by atoms with Gasteiger partial charge in [-0.15, -0.1) is 0 Å². The highest BCUT2D eigenvalue weighted by Gasteiger charge is 2.36. The quantitative estimate of drug-likeness (QED) is 0.906. The Balaban J connectivity index is 2.24. The van der Waals surface area contributed by atoms with Crippen LogP contribution in [0.2, 0.25) is 0 Å². The summed E-state index contributed by atoms with van der Waals surface area (Å²) in [4.78, 5) is 25.7. The molecule has 1 aliphatic heterocycles. The Kier molecular flexibility index (Phi) is 4.27. The molecule has 5 nitrogen and oxygen atoms in total. The van der Waals surface area contributed by atoms with E-state index >= 15 is 0 Å². The number of amides is 2. The lowest BCUT2D eigenvalue weighted by atomic mass is 10.1.